The maximum absolute atomic E-state index is 12.9. The van der Waals surface area contributed by atoms with Crippen LogP contribution in [0.5, 0.6) is 0 Å². The summed E-state index contributed by atoms with van der Waals surface area (Å²) in [4.78, 5) is 0. The Morgan fingerprint density at radius 1 is 0.950 bits per heavy atom. The van der Waals surface area contributed by atoms with Gasteiger partial charge in [-0.2, -0.15) is 0 Å². The van der Waals surface area contributed by atoms with Crippen LogP contribution in [0.25, 0.3) is 0 Å². The number of alkyl halides is 1. The molecule has 0 radical (unpaired) electrons. The standard InChI is InChI=1S/C18H20ClF/c1-2-3-4-14-5-9-16(10-6-14)18(19)13-15-7-11-17(20)12-8-15/h5-12,18H,2-4,13H2,1H3. The first kappa shape index (κ1) is 15.1. The molecule has 1 atom stereocenters. The van der Waals surface area contributed by atoms with E-state index >= 15 is 0 Å². The third-order valence-electron chi connectivity index (χ3n) is 3.49. The second kappa shape index (κ2) is 7.44. The molecule has 0 bridgehead atoms. The van der Waals surface area contributed by atoms with Crippen molar-refractivity contribution in [3.05, 3.63) is 71.0 Å². The molecule has 0 fully saturated rings. The first-order valence-electron chi connectivity index (χ1n) is 7.16. The predicted molar refractivity (Wildman–Crippen MR) is 83.8 cm³/mol. The van der Waals surface area contributed by atoms with Gasteiger partial charge in [0, 0.05) is 0 Å². The minimum atomic E-state index is -0.208. The van der Waals surface area contributed by atoms with E-state index in [1.54, 1.807) is 12.1 Å². The number of halogens is 2. The highest BCUT2D eigenvalue weighted by Gasteiger charge is 2.09. The van der Waals surface area contributed by atoms with Crippen molar-refractivity contribution in [1.82, 2.24) is 0 Å². The Morgan fingerprint density at radius 3 is 2.15 bits per heavy atom. The molecule has 0 N–H and O–H groups in total. The topological polar surface area (TPSA) is 0 Å². The molecule has 0 saturated carbocycles. The quantitative estimate of drug-likeness (QED) is 0.599. The summed E-state index contributed by atoms with van der Waals surface area (Å²) >= 11 is 6.44. The molecule has 0 aliphatic carbocycles. The van der Waals surface area contributed by atoms with Gasteiger partial charge >= 0.3 is 0 Å². The van der Waals surface area contributed by atoms with E-state index in [9.17, 15) is 4.39 Å². The highest BCUT2D eigenvalue weighted by Crippen LogP contribution is 2.25. The van der Waals surface area contributed by atoms with Crippen molar-refractivity contribution >= 4 is 11.6 Å². The molecule has 0 nitrogen and oxygen atoms in total. The Hall–Kier alpha value is -1.34. The molecule has 2 aromatic carbocycles. The van der Waals surface area contributed by atoms with E-state index in [0.717, 1.165) is 24.0 Å². The zero-order chi connectivity index (χ0) is 14.4. The minimum absolute atomic E-state index is 0.0688. The lowest BCUT2D eigenvalue weighted by molar-refractivity contribution is 0.627. The lowest BCUT2D eigenvalue weighted by atomic mass is 10.0. The molecule has 1 unspecified atom stereocenters. The Labute approximate surface area is 125 Å². The Bertz CT molecular complexity index is 516. The van der Waals surface area contributed by atoms with Crippen LogP contribution >= 0.6 is 11.6 Å². The predicted octanol–water partition coefficient (Wildman–Crippen LogP) is 5.69. The van der Waals surface area contributed by atoms with Crippen molar-refractivity contribution in [2.75, 3.05) is 0 Å². The zero-order valence-electron chi connectivity index (χ0n) is 11.8. The lowest BCUT2D eigenvalue weighted by Crippen LogP contribution is -1.96. The molecule has 0 aliphatic rings. The summed E-state index contributed by atoms with van der Waals surface area (Å²) in [5.41, 5.74) is 3.54. The lowest BCUT2D eigenvalue weighted by Gasteiger charge is -2.11. The Kier molecular flexibility index (Phi) is 5.60. The monoisotopic (exact) mass is 290 g/mol. The molecule has 20 heavy (non-hydrogen) atoms. The van der Waals surface area contributed by atoms with Crippen molar-refractivity contribution < 1.29 is 4.39 Å². The van der Waals surface area contributed by atoms with Crippen molar-refractivity contribution in [3.8, 4) is 0 Å². The van der Waals surface area contributed by atoms with Gasteiger partial charge in [-0.15, -0.1) is 11.6 Å². The molecule has 2 heteroatoms. The summed E-state index contributed by atoms with van der Waals surface area (Å²) in [5, 5.41) is -0.0688. The number of rotatable bonds is 6. The highest BCUT2D eigenvalue weighted by atomic mass is 35.5. The van der Waals surface area contributed by atoms with Crippen LogP contribution in [0.2, 0.25) is 0 Å². The largest absolute Gasteiger partial charge is 0.207 e. The number of benzene rings is 2. The number of hydrogen-bond donors (Lipinski definition) is 0. The van der Waals surface area contributed by atoms with Crippen LogP contribution in [0.4, 0.5) is 4.39 Å². The molecule has 2 rings (SSSR count). The number of aryl methyl sites for hydroxylation is 1. The molecule has 0 amide bonds. The van der Waals surface area contributed by atoms with Gasteiger partial charge in [0.05, 0.1) is 5.38 Å². The third kappa shape index (κ3) is 4.35. The van der Waals surface area contributed by atoms with Gasteiger partial charge in [0.1, 0.15) is 5.82 Å². The molecule has 0 aliphatic heterocycles. The molecular weight excluding hydrogens is 271 g/mol. The van der Waals surface area contributed by atoms with Crippen LogP contribution in [0, 0.1) is 5.82 Å². The minimum Gasteiger partial charge on any atom is -0.207 e. The van der Waals surface area contributed by atoms with Crippen molar-refractivity contribution in [2.45, 2.75) is 38.0 Å². The van der Waals surface area contributed by atoms with Crippen LogP contribution < -0.4 is 0 Å². The normalized spacial score (nSPS) is 12.3. The van der Waals surface area contributed by atoms with Gasteiger partial charge in [-0.3, -0.25) is 0 Å². The van der Waals surface area contributed by atoms with Gasteiger partial charge in [-0.1, -0.05) is 49.7 Å². The summed E-state index contributed by atoms with van der Waals surface area (Å²) in [6.45, 7) is 2.20. The van der Waals surface area contributed by atoms with Gasteiger partial charge in [0.25, 0.3) is 0 Å². The Balaban J connectivity index is 1.98. The molecule has 0 spiro atoms. The van der Waals surface area contributed by atoms with Crippen molar-refractivity contribution in [3.63, 3.8) is 0 Å². The van der Waals surface area contributed by atoms with E-state index in [1.807, 2.05) is 0 Å². The van der Waals surface area contributed by atoms with Gasteiger partial charge in [0.15, 0.2) is 0 Å². The van der Waals surface area contributed by atoms with E-state index in [-0.39, 0.29) is 11.2 Å². The van der Waals surface area contributed by atoms with Gasteiger partial charge < -0.3 is 0 Å². The zero-order valence-corrected chi connectivity index (χ0v) is 12.5. The summed E-state index contributed by atoms with van der Waals surface area (Å²) < 4.78 is 12.9. The second-order valence-corrected chi connectivity index (χ2v) is 5.67. The highest BCUT2D eigenvalue weighted by molar-refractivity contribution is 6.20. The average Bonchev–Trinajstić information content (AvgIpc) is 2.48. The molecule has 0 saturated heterocycles. The van der Waals surface area contributed by atoms with Crippen LogP contribution in [-0.2, 0) is 12.8 Å². The first-order chi connectivity index (χ1) is 9.69. The number of hydrogen-bond acceptors (Lipinski definition) is 0. The van der Waals surface area contributed by atoms with E-state index < -0.39 is 0 Å². The van der Waals surface area contributed by atoms with Crippen LogP contribution in [0.15, 0.2) is 48.5 Å². The van der Waals surface area contributed by atoms with E-state index in [0.29, 0.717) is 0 Å². The van der Waals surface area contributed by atoms with Gasteiger partial charge in [-0.05, 0) is 48.1 Å². The van der Waals surface area contributed by atoms with Crippen LogP contribution in [-0.4, -0.2) is 0 Å². The van der Waals surface area contributed by atoms with Gasteiger partial charge in [-0.25, -0.2) is 4.39 Å². The van der Waals surface area contributed by atoms with E-state index in [1.165, 1.54) is 30.5 Å². The summed E-state index contributed by atoms with van der Waals surface area (Å²) in [6, 6.07) is 15.1. The van der Waals surface area contributed by atoms with Crippen LogP contribution in [0.3, 0.4) is 0 Å². The smallest absolute Gasteiger partial charge is 0.123 e. The van der Waals surface area contributed by atoms with Crippen molar-refractivity contribution in [1.29, 1.82) is 0 Å². The van der Waals surface area contributed by atoms with E-state index in [2.05, 4.69) is 31.2 Å². The average molecular weight is 291 g/mol. The van der Waals surface area contributed by atoms with Crippen molar-refractivity contribution in [2.24, 2.45) is 0 Å². The molecular formula is C18H20ClF. The SMILES string of the molecule is CCCCc1ccc(C(Cl)Cc2ccc(F)cc2)cc1. The first-order valence-corrected chi connectivity index (χ1v) is 7.60. The second-order valence-electron chi connectivity index (χ2n) is 5.14. The fourth-order valence-corrected chi connectivity index (χ4v) is 2.54. The molecule has 0 heterocycles. The van der Waals surface area contributed by atoms with Crippen LogP contribution in [0.1, 0.15) is 41.8 Å². The maximum Gasteiger partial charge on any atom is 0.123 e. The molecule has 106 valence electrons. The van der Waals surface area contributed by atoms with Gasteiger partial charge in [0.2, 0.25) is 0 Å². The number of unbranched alkanes of at least 4 members (excludes halogenated alkanes) is 1. The molecule has 0 aromatic heterocycles. The molecule has 2 aromatic rings. The fraction of sp³-hybridized carbons (Fsp3) is 0.333. The maximum atomic E-state index is 12.9. The summed E-state index contributed by atoms with van der Waals surface area (Å²) in [6.07, 6.45) is 4.28. The van der Waals surface area contributed by atoms with E-state index in [4.69, 9.17) is 11.6 Å². The fourth-order valence-electron chi connectivity index (χ4n) is 2.22. The summed E-state index contributed by atoms with van der Waals surface area (Å²) in [7, 11) is 0. The summed E-state index contributed by atoms with van der Waals surface area (Å²) in [5.74, 6) is -0.208. The third-order valence-corrected chi connectivity index (χ3v) is 3.89. The Morgan fingerprint density at radius 2 is 1.55 bits per heavy atom.